The Morgan fingerprint density at radius 1 is 1.06 bits per heavy atom. The lowest BCUT2D eigenvalue weighted by molar-refractivity contribution is 0.0698. The van der Waals surface area contributed by atoms with E-state index < -0.39 is 0 Å². The molecule has 33 heavy (non-hydrogen) atoms. The monoisotopic (exact) mass is 463 g/mol. The number of pyridine rings is 1. The van der Waals surface area contributed by atoms with E-state index in [0.29, 0.717) is 35.2 Å². The average Bonchev–Trinajstić information content (AvgIpc) is 3.59. The maximum Gasteiger partial charge on any atom is 0.255 e. The zero-order valence-corrected chi connectivity index (χ0v) is 19.3. The van der Waals surface area contributed by atoms with Crippen LogP contribution in [0.3, 0.4) is 0 Å². The Bertz CT molecular complexity index is 1180. The van der Waals surface area contributed by atoms with E-state index in [9.17, 15) is 9.59 Å². The Kier molecular flexibility index (Phi) is 5.89. The molecule has 5 rings (SSSR count). The summed E-state index contributed by atoms with van der Waals surface area (Å²) in [7, 11) is 0. The molecule has 2 aliphatic rings. The van der Waals surface area contributed by atoms with Crippen LogP contribution in [0, 0.1) is 6.92 Å². The van der Waals surface area contributed by atoms with Gasteiger partial charge < -0.3 is 10.2 Å². The molecule has 1 aromatic carbocycles. The summed E-state index contributed by atoms with van der Waals surface area (Å²) in [6.07, 6.45) is 8.48. The normalized spacial score (nSPS) is 16.6. The number of hydrogen-bond acceptors (Lipinski definition) is 4. The first-order chi connectivity index (χ1) is 16.0. The predicted octanol–water partition coefficient (Wildman–Crippen LogP) is 4.14. The zero-order chi connectivity index (χ0) is 22.9. The summed E-state index contributed by atoms with van der Waals surface area (Å²) in [5.74, 6) is 0.254. The number of piperidine rings is 1. The molecule has 3 aromatic rings. The van der Waals surface area contributed by atoms with E-state index in [1.165, 1.54) is 0 Å². The Balaban J connectivity index is 1.27. The molecule has 2 aromatic heterocycles. The van der Waals surface area contributed by atoms with E-state index in [1.54, 1.807) is 30.7 Å². The van der Waals surface area contributed by atoms with Crippen LogP contribution in [0.1, 0.15) is 63.6 Å². The van der Waals surface area contributed by atoms with Crippen LogP contribution in [0.15, 0.2) is 48.9 Å². The van der Waals surface area contributed by atoms with Crippen molar-refractivity contribution in [3.05, 3.63) is 76.3 Å². The summed E-state index contributed by atoms with van der Waals surface area (Å²) in [4.78, 5) is 31.6. The van der Waals surface area contributed by atoms with Crippen molar-refractivity contribution in [2.24, 2.45) is 0 Å². The molecule has 8 heteroatoms. The molecule has 3 heterocycles. The van der Waals surface area contributed by atoms with Crippen molar-refractivity contribution in [3.63, 3.8) is 0 Å². The molecule has 170 valence electrons. The van der Waals surface area contributed by atoms with Gasteiger partial charge in [-0.2, -0.15) is 5.10 Å². The summed E-state index contributed by atoms with van der Waals surface area (Å²) < 4.78 is 1.86. The van der Waals surface area contributed by atoms with Crippen molar-refractivity contribution in [1.29, 1.82) is 0 Å². The number of carbonyl (C=O) groups is 2. The Labute approximate surface area is 197 Å². The van der Waals surface area contributed by atoms with Crippen LogP contribution in [0.5, 0.6) is 0 Å². The molecule has 1 aliphatic carbocycles. The van der Waals surface area contributed by atoms with Crippen LogP contribution in [0.4, 0.5) is 0 Å². The number of aryl methyl sites for hydroxylation is 1. The van der Waals surface area contributed by atoms with Gasteiger partial charge >= 0.3 is 0 Å². The summed E-state index contributed by atoms with van der Waals surface area (Å²) in [6.45, 7) is 3.19. The fourth-order valence-corrected chi connectivity index (χ4v) is 4.54. The van der Waals surface area contributed by atoms with Gasteiger partial charge in [0, 0.05) is 48.0 Å². The largest absolute Gasteiger partial charge is 0.349 e. The Morgan fingerprint density at radius 3 is 2.45 bits per heavy atom. The van der Waals surface area contributed by atoms with Crippen molar-refractivity contribution >= 4 is 23.4 Å². The third-order valence-corrected chi connectivity index (χ3v) is 6.87. The highest BCUT2D eigenvalue weighted by Crippen LogP contribution is 2.42. The molecule has 7 nitrogen and oxygen atoms in total. The third kappa shape index (κ3) is 4.50. The second kappa shape index (κ2) is 8.98. The topological polar surface area (TPSA) is 80.1 Å². The number of amides is 2. The van der Waals surface area contributed by atoms with E-state index >= 15 is 0 Å². The maximum absolute atomic E-state index is 13.2. The number of likely N-dealkylation sites (tertiary alicyclic amines) is 1. The van der Waals surface area contributed by atoms with Crippen molar-refractivity contribution in [1.82, 2.24) is 25.0 Å². The second-order valence-electron chi connectivity index (χ2n) is 8.84. The molecule has 0 spiro atoms. The van der Waals surface area contributed by atoms with Crippen LogP contribution in [0.2, 0.25) is 5.02 Å². The van der Waals surface area contributed by atoms with Crippen LogP contribution < -0.4 is 5.32 Å². The summed E-state index contributed by atoms with van der Waals surface area (Å²) in [5, 5.41) is 8.40. The highest BCUT2D eigenvalue weighted by Gasteiger charge is 2.34. The molecule has 0 unspecified atom stereocenters. The van der Waals surface area contributed by atoms with Gasteiger partial charge in [0.25, 0.3) is 11.8 Å². The van der Waals surface area contributed by atoms with E-state index in [4.69, 9.17) is 11.6 Å². The number of rotatable bonds is 5. The lowest BCUT2D eigenvalue weighted by Crippen LogP contribution is -2.46. The molecule has 1 N–H and O–H groups in total. The summed E-state index contributed by atoms with van der Waals surface area (Å²) in [6, 6.07) is 9.34. The zero-order valence-electron chi connectivity index (χ0n) is 18.5. The molecule has 0 radical (unpaired) electrons. The first kappa shape index (κ1) is 21.6. The maximum atomic E-state index is 13.2. The van der Waals surface area contributed by atoms with Crippen LogP contribution >= 0.6 is 11.6 Å². The number of benzene rings is 1. The van der Waals surface area contributed by atoms with Crippen molar-refractivity contribution in [2.45, 2.75) is 44.6 Å². The van der Waals surface area contributed by atoms with E-state index in [0.717, 1.165) is 42.6 Å². The van der Waals surface area contributed by atoms with Gasteiger partial charge in [0.05, 0.1) is 23.1 Å². The SMILES string of the molecule is Cc1ccc(-n2ncc(C(=O)NC3CCN(C(=O)c4ccncc4)CC3)c2C2CC2)cc1Cl. The minimum Gasteiger partial charge on any atom is -0.349 e. The van der Waals surface area contributed by atoms with Gasteiger partial charge in [-0.1, -0.05) is 17.7 Å². The van der Waals surface area contributed by atoms with Crippen LogP contribution in [-0.4, -0.2) is 50.6 Å². The van der Waals surface area contributed by atoms with Gasteiger partial charge in [0.15, 0.2) is 0 Å². The highest BCUT2D eigenvalue weighted by atomic mass is 35.5. The van der Waals surface area contributed by atoms with Gasteiger partial charge in [-0.15, -0.1) is 0 Å². The number of halogens is 1. The summed E-state index contributed by atoms with van der Waals surface area (Å²) in [5.41, 5.74) is 4.11. The van der Waals surface area contributed by atoms with E-state index in [1.807, 2.05) is 34.7 Å². The standard InChI is InChI=1S/C25H26ClN5O2/c1-16-2-5-20(14-22(16)26)31-23(17-3-4-17)21(15-28-31)24(32)29-19-8-12-30(13-9-19)25(33)18-6-10-27-11-7-18/h2,5-7,10-11,14-15,17,19H,3-4,8-9,12-13H2,1H3,(H,29,32). The quantitative estimate of drug-likeness (QED) is 0.616. The van der Waals surface area contributed by atoms with Crippen LogP contribution in [0.25, 0.3) is 5.69 Å². The molecule has 0 atom stereocenters. The fourth-order valence-electron chi connectivity index (χ4n) is 4.37. The molecule has 1 saturated heterocycles. The molecule has 0 bridgehead atoms. The number of hydrogen-bond donors (Lipinski definition) is 1. The van der Waals surface area contributed by atoms with E-state index in [-0.39, 0.29) is 17.9 Å². The molecule has 2 amide bonds. The van der Waals surface area contributed by atoms with Crippen molar-refractivity contribution in [3.8, 4) is 5.69 Å². The van der Waals surface area contributed by atoms with Gasteiger partial charge in [0.1, 0.15) is 0 Å². The van der Waals surface area contributed by atoms with Gasteiger partial charge in [-0.05, 0) is 62.4 Å². The number of nitrogens with zero attached hydrogens (tertiary/aromatic N) is 4. The molecule has 1 aliphatic heterocycles. The van der Waals surface area contributed by atoms with Gasteiger partial charge in [0.2, 0.25) is 0 Å². The number of aromatic nitrogens is 3. The first-order valence-corrected chi connectivity index (χ1v) is 11.7. The van der Waals surface area contributed by atoms with Crippen molar-refractivity contribution in [2.75, 3.05) is 13.1 Å². The highest BCUT2D eigenvalue weighted by molar-refractivity contribution is 6.31. The fraction of sp³-hybridized carbons (Fsp3) is 0.360. The molecular weight excluding hydrogens is 438 g/mol. The van der Waals surface area contributed by atoms with Gasteiger partial charge in [-0.3, -0.25) is 14.6 Å². The van der Waals surface area contributed by atoms with Crippen molar-refractivity contribution < 1.29 is 9.59 Å². The lowest BCUT2D eigenvalue weighted by Gasteiger charge is -2.32. The smallest absolute Gasteiger partial charge is 0.255 e. The average molecular weight is 464 g/mol. The molecular formula is C25H26ClN5O2. The lowest BCUT2D eigenvalue weighted by atomic mass is 10.0. The molecule has 1 saturated carbocycles. The molecule has 2 fully saturated rings. The number of carbonyl (C=O) groups excluding carboxylic acids is 2. The van der Waals surface area contributed by atoms with Crippen LogP contribution in [-0.2, 0) is 0 Å². The minimum absolute atomic E-state index is 0.0104. The minimum atomic E-state index is -0.0970. The first-order valence-electron chi connectivity index (χ1n) is 11.4. The second-order valence-corrected chi connectivity index (χ2v) is 9.25. The summed E-state index contributed by atoms with van der Waals surface area (Å²) >= 11 is 6.33. The van der Waals surface area contributed by atoms with Gasteiger partial charge in [-0.25, -0.2) is 4.68 Å². The Morgan fingerprint density at radius 2 is 1.79 bits per heavy atom. The Hall–Kier alpha value is -3.19. The third-order valence-electron chi connectivity index (χ3n) is 6.46. The predicted molar refractivity (Wildman–Crippen MR) is 126 cm³/mol. The van der Waals surface area contributed by atoms with E-state index in [2.05, 4.69) is 15.4 Å². The number of nitrogens with one attached hydrogen (secondary N) is 1.